The molecule has 1 atom stereocenters. The summed E-state index contributed by atoms with van der Waals surface area (Å²) in [6.45, 7) is 56.7. The molecule has 1 fully saturated rings. The molecule has 0 spiro atoms. The largest absolute Gasteiger partial charge is 0.464 e. The van der Waals surface area contributed by atoms with Crippen molar-refractivity contribution in [1.82, 2.24) is 34.4 Å². The number of hydrogen-bond donors (Lipinski definition) is 1. The van der Waals surface area contributed by atoms with E-state index < -0.39 is 22.9 Å². The molecule has 0 radical (unpaired) electrons. The zero-order valence-corrected chi connectivity index (χ0v) is 62.0. The van der Waals surface area contributed by atoms with E-state index in [1.807, 2.05) is 134 Å². The lowest BCUT2D eigenvalue weighted by molar-refractivity contribution is -0.156. The predicted octanol–water partition coefficient (Wildman–Crippen LogP) is 13.4. The topological polar surface area (TPSA) is 209 Å². The maximum atomic E-state index is 12.3. The number of Topliss-reactive ketones (excluding diaryl/α,β-unsaturated/α-hetero) is 2. The fourth-order valence-electron chi connectivity index (χ4n) is 7.65. The molecular formula is C75H116FN7O10. The molecule has 4 heterocycles. The van der Waals surface area contributed by atoms with Gasteiger partial charge >= 0.3 is 11.9 Å². The summed E-state index contributed by atoms with van der Waals surface area (Å²) in [5, 5.41) is 6.23. The van der Waals surface area contributed by atoms with E-state index in [0.29, 0.717) is 31.1 Å². The van der Waals surface area contributed by atoms with Gasteiger partial charge in [0.05, 0.1) is 12.1 Å². The Labute approximate surface area is 560 Å². The fraction of sp³-hybridized carbons (Fsp3) is 0.627. The molecule has 1 saturated carbocycles. The van der Waals surface area contributed by atoms with E-state index in [0.717, 1.165) is 32.4 Å². The minimum Gasteiger partial charge on any atom is -0.464 e. The van der Waals surface area contributed by atoms with E-state index in [-0.39, 0.29) is 85.1 Å². The number of nitrogens with zero attached hydrogens (tertiary/aromatic N) is 6. The average Bonchev–Trinajstić information content (AvgIpc) is 1.63. The summed E-state index contributed by atoms with van der Waals surface area (Å²) in [5.41, 5.74) is -1.87. The van der Waals surface area contributed by atoms with E-state index in [1.165, 1.54) is 13.0 Å². The Morgan fingerprint density at radius 1 is 0.656 bits per heavy atom. The van der Waals surface area contributed by atoms with E-state index in [1.54, 1.807) is 76.8 Å². The predicted molar refractivity (Wildman–Crippen MR) is 372 cm³/mol. The highest BCUT2D eigenvalue weighted by Gasteiger charge is 2.55. The van der Waals surface area contributed by atoms with Gasteiger partial charge in [0.25, 0.3) is 5.91 Å². The Kier molecular flexibility index (Phi) is 36.3. The Bertz CT molecular complexity index is 2960. The van der Waals surface area contributed by atoms with Crippen molar-refractivity contribution in [2.24, 2.45) is 27.6 Å². The highest BCUT2D eigenvalue weighted by Crippen LogP contribution is 2.47. The van der Waals surface area contributed by atoms with Crippen LogP contribution in [0.5, 0.6) is 0 Å². The zero-order valence-electron chi connectivity index (χ0n) is 62.0. The second-order valence-electron chi connectivity index (χ2n) is 31.9. The second-order valence-corrected chi connectivity index (χ2v) is 31.9. The van der Waals surface area contributed by atoms with Crippen LogP contribution in [0.4, 0.5) is 4.39 Å². The first-order chi connectivity index (χ1) is 41.8. The number of ketones is 3. The van der Waals surface area contributed by atoms with Crippen LogP contribution in [-0.2, 0) is 58.9 Å². The van der Waals surface area contributed by atoms with E-state index in [4.69, 9.17) is 35.2 Å². The van der Waals surface area contributed by atoms with Gasteiger partial charge in [0.15, 0.2) is 11.6 Å². The number of amides is 3. The first-order valence-electron chi connectivity index (χ1n) is 31.3. The van der Waals surface area contributed by atoms with Gasteiger partial charge in [-0.25, -0.2) is 9.78 Å². The number of ether oxygens (including phenoxy) is 2. The molecule has 17 nitrogen and oxygen atoms in total. The SMILES string of the molecule is C#CC(=O)C(C)(C)C.C#CC(=O)NC(C)(C)C.C#CC(=O)OC(C)(C)C.C#Cc1nccn1C(C)(C)C.CC(=O)C1(C(=O)OCC(C)(C)C)CC1.CC(C)(C)C1CCC=CC1=O.CC(C)(C)N1CC=CC1=O.CC(C)(C)N1CCC=CC1=O.CC(C)(C)n1ccc(F)n1. The summed E-state index contributed by atoms with van der Waals surface area (Å²) < 4.78 is 25.8. The average molecular weight is 1290 g/mol. The number of nitrogens with one attached hydrogen (secondary N) is 1. The summed E-state index contributed by atoms with van der Waals surface area (Å²) in [7, 11) is 0. The van der Waals surface area contributed by atoms with Crippen molar-refractivity contribution in [2.75, 3.05) is 19.7 Å². The molecular weight excluding hydrogens is 1180 g/mol. The van der Waals surface area contributed by atoms with Crippen molar-refractivity contribution >= 4 is 47.0 Å². The molecule has 0 saturated heterocycles. The zero-order chi connectivity index (χ0) is 73.8. The van der Waals surface area contributed by atoms with E-state index in [2.05, 4.69) is 89.6 Å². The van der Waals surface area contributed by atoms with Gasteiger partial charge in [-0.1, -0.05) is 80.5 Å². The lowest BCUT2D eigenvalue weighted by atomic mass is 9.74. The number of hydrogen-bond acceptors (Lipinski definition) is 12. The van der Waals surface area contributed by atoms with E-state index in [9.17, 15) is 42.7 Å². The van der Waals surface area contributed by atoms with Gasteiger partial charge in [-0.2, -0.15) is 4.39 Å². The fourth-order valence-corrected chi connectivity index (χ4v) is 7.65. The summed E-state index contributed by atoms with van der Waals surface area (Å²) in [6, 6.07) is 1.35. The van der Waals surface area contributed by atoms with Gasteiger partial charge in [0, 0.05) is 83.2 Å². The van der Waals surface area contributed by atoms with Gasteiger partial charge in [-0.3, -0.25) is 38.2 Å². The number of terminal acetylenes is 4. The van der Waals surface area contributed by atoms with Crippen molar-refractivity contribution < 1.29 is 52.2 Å². The minimum absolute atomic E-state index is 0.0259. The number of allylic oxidation sites excluding steroid dienone is 2. The molecule has 1 N–H and O–H groups in total. The van der Waals surface area contributed by atoms with Crippen molar-refractivity contribution in [3.8, 4) is 49.4 Å². The number of carbonyl (C=O) groups is 8. The standard InChI is InChI=1S/C11H18O3.C10H16O.C9H12N2.C9H15NO.C8H13NO.C7H11FN2.C7H11NO.C7H10O2.C7H10O/c1-8(12)11(5-6-11)9(13)14-7-10(2,3)4;1-10(2,3)8-6-4-5-7-9(8)11;1-5-8-10-6-7-11(8)9(2,3)4;1-9(2,3)10-7-5-4-6-8(10)11;1-8(2,3)9-6-4-5-7(9)10;1-7(2,3)10-5-4-6(8)9-10;1-5-6(9)8-7(2,3)4;1-5-6(8)9-7(2,3)4;1-5-6(8)7(2,3)4/h5-7H2,1-4H3;5,7-8H,4,6H2,1-3H3;1,6-7H,2-4H3;4,6H,5,7H2,1-3H3;4-5H,6H2,1-3H3;4-5H,1-3H3;1H,2-4H3,(H,8,9);1H,2-4H3;1H,2-4H3. The van der Waals surface area contributed by atoms with Crippen LogP contribution in [0.1, 0.15) is 232 Å². The molecule has 18 heteroatoms. The molecule has 1 unspecified atom stereocenters. The molecule has 93 heavy (non-hydrogen) atoms. The summed E-state index contributed by atoms with van der Waals surface area (Å²) in [5.74, 6) is 8.03. The molecule has 2 aromatic rings. The lowest BCUT2D eigenvalue weighted by Crippen LogP contribution is -2.46. The maximum Gasteiger partial charge on any atom is 0.384 e. The van der Waals surface area contributed by atoms with Crippen LogP contribution in [0.2, 0.25) is 0 Å². The first kappa shape index (κ1) is 89.4. The van der Waals surface area contributed by atoms with Gasteiger partial charge < -0.3 is 29.2 Å². The molecule has 4 aliphatic rings. The molecule has 2 aliphatic heterocycles. The Hall–Kier alpha value is -7.83. The van der Waals surface area contributed by atoms with Gasteiger partial charge in [0.2, 0.25) is 23.5 Å². The number of rotatable bonds is 3. The first-order valence-corrected chi connectivity index (χ1v) is 31.3. The third kappa shape index (κ3) is 39.4. The van der Waals surface area contributed by atoms with Crippen LogP contribution in [0.25, 0.3) is 0 Å². The molecule has 0 aromatic carbocycles. The lowest BCUT2D eigenvalue weighted by Gasteiger charge is -2.36. The van der Waals surface area contributed by atoms with Crippen LogP contribution < -0.4 is 5.32 Å². The maximum absolute atomic E-state index is 12.3. The van der Waals surface area contributed by atoms with Gasteiger partial charge in [-0.15, -0.1) is 30.8 Å². The van der Waals surface area contributed by atoms with Crippen molar-refractivity contribution in [1.29, 1.82) is 0 Å². The van der Waals surface area contributed by atoms with Crippen molar-refractivity contribution in [3.63, 3.8) is 0 Å². The Morgan fingerprint density at radius 3 is 1.40 bits per heavy atom. The van der Waals surface area contributed by atoms with Crippen LogP contribution in [0, 0.1) is 82.9 Å². The van der Waals surface area contributed by atoms with Gasteiger partial charge in [0.1, 0.15) is 16.8 Å². The molecule has 2 aliphatic carbocycles. The number of aromatic nitrogens is 4. The number of halogens is 1. The Balaban J connectivity index is -0.000000984. The monoisotopic (exact) mass is 1290 g/mol. The normalized spacial score (nSPS) is 15.6. The summed E-state index contributed by atoms with van der Waals surface area (Å²) >= 11 is 0. The molecule has 2 aromatic heterocycles. The number of esters is 2. The highest BCUT2D eigenvalue weighted by molar-refractivity contribution is 6.05. The third-order valence-corrected chi connectivity index (χ3v) is 12.9. The van der Waals surface area contributed by atoms with Crippen molar-refractivity contribution in [2.45, 2.75) is 259 Å². The molecule has 518 valence electrons. The van der Waals surface area contributed by atoms with Crippen LogP contribution in [0.3, 0.4) is 0 Å². The highest BCUT2D eigenvalue weighted by atomic mass is 19.1. The number of carbonyl (C=O) groups excluding carboxylic acids is 8. The second kappa shape index (κ2) is 37.8. The third-order valence-electron chi connectivity index (χ3n) is 12.9. The van der Waals surface area contributed by atoms with E-state index >= 15 is 0 Å². The quantitative estimate of drug-likeness (QED) is 0.100. The van der Waals surface area contributed by atoms with Crippen LogP contribution in [0.15, 0.2) is 61.1 Å². The van der Waals surface area contributed by atoms with Gasteiger partial charge in [-0.05, 0) is 204 Å². The summed E-state index contributed by atoms with van der Waals surface area (Å²) in [6.07, 6.45) is 40.2. The summed E-state index contributed by atoms with van der Waals surface area (Å²) in [4.78, 5) is 95.7. The minimum atomic E-state index is -0.773. The van der Waals surface area contributed by atoms with Crippen LogP contribution >= 0.6 is 0 Å². The van der Waals surface area contributed by atoms with Crippen LogP contribution in [-0.4, -0.2) is 118 Å². The smallest absolute Gasteiger partial charge is 0.384 e. The Morgan fingerprint density at radius 2 is 1.16 bits per heavy atom. The molecule has 3 amide bonds. The molecule has 0 bridgehead atoms. The van der Waals surface area contributed by atoms with Crippen molar-refractivity contribution in [3.05, 3.63) is 72.9 Å². The number of imidazole rings is 1. The molecule has 6 rings (SSSR count).